The predicted molar refractivity (Wildman–Crippen MR) is 70.0 cm³/mol. The molecule has 94 valence electrons. The summed E-state index contributed by atoms with van der Waals surface area (Å²) in [5.41, 5.74) is 1.14. The topological polar surface area (TPSA) is 35.5 Å². The van der Waals surface area contributed by atoms with Crippen LogP contribution in [0.2, 0.25) is 0 Å². The van der Waals surface area contributed by atoms with Gasteiger partial charge in [-0.3, -0.25) is 4.79 Å². The zero-order valence-corrected chi connectivity index (χ0v) is 11.0. The van der Waals surface area contributed by atoms with Gasteiger partial charge >= 0.3 is 0 Å². The number of ether oxygens (including phenoxy) is 2. The molecule has 0 aromatic heterocycles. The van der Waals surface area contributed by atoms with Crippen molar-refractivity contribution in [3.8, 4) is 0 Å². The number of methoxy groups -OCH3 is 1. The van der Waals surface area contributed by atoms with Crippen molar-refractivity contribution in [2.75, 3.05) is 19.5 Å². The Bertz CT molecular complexity index is 327. The smallest absolute Gasteiger partial charge is 0.185 e. The van der Waals surface area contributed by atoms with E-state index in [1.807, 2.05) is 30.3 Å². The SMILES string of the molecule is COC(COCc1ccccc1)CSC(C)=O. The Hall–Kier alpha value is -0.840. The number of carbonyl (C=O) groups excluding carboxylic acids is 1. The van der Waals surface area contributed by atoms with Crippen molar-refractivity contribution in [3.63, 3.8) is 0 Å². The molecular weight excluding hydrogens is 236 g/mol. The van der Waals surface area contributed by atoms with Gasteiger partial charge in [0.2, 0.25) is 0 Å². The van der Waals surface area contributed by atoms with Gasteiger partial charge in [0.15, 0.2) is 5.12 Å². The van der Waals surface area contributed by atoms with Gasteiger partial charge in [-0.15, -0.1) is 0 Å². The highest BCUT2D eigenvalue weighted by atomic mass is 32.2. The average Bonchev–Trinajstić information content (AvgIpc) is 2.34. The number of benzene rings is 1. The quantitative estimate of drug-likeness (QED) is 0.749. The number of hydrogen-bond donors (Lipinski definition) is 0. The Labute approximate surface area is 106 Å². The fraction of sp³-hybridized carbons (Fsp3) is 0.462. The van der Waals surface area contributed by atoms with Gasteiger partial charge < -0.3 is 9.47 Å². The van der Waals surface area contributed by atoms with Gasteiger partial charge in [0.05, 0.1) is 19.3 Å². The minimum absolute atomic E-state index is 0.0346. The minimum Gasteiger partial charge on any atom is -0.378 e. The standard InChI is InChI=1S/C13H18O3S/c1-11(14)17-10-13(15-2)9-16-8-12-6-4-3-5-7-12/h3-7,13H,8-10H2,1-2H3. The van der Waals surface area contributed by atoms with Gasteiger partial charge in [0.25, 0.3) is 0 Å². The summed E-state index contributed by atoms with van der Waals surface area (Å²) < 4.78 is 10.8. The van der Waals surface area contributed by atoms with Crippen LogP contribution in [0.4, 0.5) is 0 Å². The molecule has 0 radical (unpaired) electrons. The molecule has 1 aromatic carbocycles. The van der Waals surface area contributed by atoms with Crippen LogP contribution < -0.4 is 0 Å². The molecule has 0 aliphatic carbocycles. The zero-order valence-electron chi connectivity index (χ0n) is 10.2. The molecule has 17 heavy (non-hydrogen) atoms. The summed E-state index contributed by atoms with van der Waals surface area (Å²) in [6.07, 6.45) is -0.0346. The third-order valence-corrected chi connectivity index (χ3v) is 3.17. The lowest BCUT2D eigenvalue weighted by Gasteiger charge is -2.14. The normalized spacial score (nSPS) is 12.4. The molecule has 0 spiro atoms. The lowest BCUT2D eigenvalue weighted by molar-refractivity contribution is -0.109. The Morgan fingerprint density at radius 3 is 2.65 bits per heavy atom. The Morgan fingerprint density at radius 2 is 2.06 bits per heavy atom. The second-order valence-corrected chi connectivity index (χ2v) is 4.86. The first-order chi connectivity index (χ1) is 8.22. The van der Waals surface area contributed by atoms with Gasteiger partial charge in [-0.2, -0.15) is 0 Å². The molecule has 0 amide bonds. The van der Waals surface area contributed by atoms with E-state index < -0.39 is 0 Å². The fourth-order valence-corrected chi connectivity index (χ4v) is 1.93. The van der Waals surface area contributed by atoms with Gasteiger partial charge in [-0.1, -0.05) is 42.1 Å². The van der Waals surface area contributed by atoms with Gasteiger partial charge in [0.1, 0.15) is 0 Å². The molecule has 0 saturated heterocycles. The van der Waals surface area contributed by atoms with E-state index in [-0.39, 0.29) is 11.2 Å². The molecular formula is C13H18O3S. The van der Waals surface area contributed by atoms with Crippen LogP contribution in [0.25, 0.3) is 0 Å². The van der Waals surface area contributed by atoms with Crippen molar-refractivity contribution in [1.82, 2.24) is 0 Å². The van der Waals surface area contributed by atoms with Crippen LogP contribution >= 0.6 is 11.8 Å². The van der Waals surface area contributed by atoms with Crippen LogP contribution in [0.1, 0.15) is 12.5 Å². The molecule has 0 heterocycles. The van der Waals surface area contributed by atoms with E-state index >= 15 is 0 Å². The zero-order chi connectivity index (χ0) is 12.5. The van der Waals surface area contributed by atoms with Crippen molar-refractivity contribution in [3.05, 3.63) is 35.9 Å². The van der Waals surface area contributed by atoms with Crippen LogP contribution in [0.5, 0.6) is 0 Å². The molecule has 3 nitrogen and oxygen atoms in total. The maximum atomic E-state index is 10.8. The highest BCUT2D eigenvalue weighted by Gasteiger charge is 2.09. The summed E-state index contributed by atoms with van der Waals surface area (Å²) >= 11 is 1.27. The van der Waals surface area contributed by atoms with Crippen molar-refractivity contribution in [2.24, 2.45) is 0 Å². The summed E-state index contributed by atoms with van der Waals surface area (Å²) in [4.78, 5) is 10.8. The minimum atomic E-state index is -0.0346. The number of carbonyl (C=O) groups is 1. The first kappa shape index (κ1) is 14.2. The van der Waals surface area contributed by atoms with Crippen molar-refractivity contribution in [2.45, 2.75) is 19.6 Å². The first-order valence-electron chi connectivity index (χ1n) is 5.50. The molecule has 1 aromatic rings. The molecule has 0 N–H and O–H groups in total. The van der Waals surface area contributed by atoms with Crippen LogP contribution in [0.15, 0.2) is 30.3 Å². The van der Waals surface area contributed by atoms with Gasteiger partial charge in [0, 0.05) is 19.8 Å². The molecule has 0 bridgehead atoms. The monoisotopic (exact) mass is 254 g/mol. The van der Waals surface area contributed by atoms with E-state index in [1.165, 1.54) is 11.8 Å². The number of thioether (sulfide) groups is 1. The van der Waals surface area contributed by atoms with E-state index in [0.717, 1.165) is 5.56 Å². The molecule has 0 aliphatic rings. The summed E-state index contributed by atoms with van der Waals surface area (Å²) in [6.45, 7) is 2.64. The van der Waals surface area contributed by atoms with Crippen LogP contribution in [-0.2, 0) is 20.9 Å². The molecule has 0 aliphatic heterocycles. The van der Waals surface area contributed by atoms with E-state index in [2.05, 4.69) is 0 Å². The molecule has 0 fully saturated rings. The molecule has 1 unspecified atom stereocenters. The van der Waals surface area contributed by atoms with Crippen molar-refractivity contribution in [1.29, 1.82) is 0 Å². The summed E-state index contributed by atoms with van der Waals surface area (Å²) in [5, 5.41) is 0.107. The maximum Gasteiger partial charge on any atom is 0.185 e. The number of rotatable bonds is 7. The van der Waals surface area contributed by atoms with E-state index in [4.69, 9.17) is 9.47 Å². The van der Waals surface area contributed by atoms with Gasteiger partial charge in [-0.25, -0.2) is 0 Å². The first-order valence-corrected chi connectivity index (χ1v) is 6.48. The summed E-state index contributed by atoms with van der Waals surface area (Å²) in [7, 11) is 1.64. The van der Waals surface area contributed by atoms with Crippen molar-refractivity contribution < 1.29 is 14.3 Å². The molecule has 0 saturated carbocycles. The molecule has 1 rings (SSSR count). The highest BCUT2D eigenvalue weighted by molar-refractivity contribution is 8.13. The second-order valence-electron chi connectivity index (χ2n) is 3.66. The van der Waals surface area contributed by atoms with E-state index in [0.29, 0.717) is 19.0 Å². The Morgan fingerprint density at radius 1 is 1.35 bits per heavy atom. The van der Waals surface area contributed by atoms with E-state index in [1.54, 1.807) is 14.0 Å². The number of hydrogen-bond acceptors (Lipinski definition) is 4. The Balaban J connectivity index is 2.21. The predicted octanol–water partition coefficient (Wildman–Crippen LogP) is 2.50. The Kier molecular flexibility index (Phi) is 6.93. The summed E-state index contributed by atoms with van der Waals surface area (Å²) in [6, 6.07) is 9.99. The van der Waals surface area contributed by atoms with Crippen molar-refractivity contribution >= 4 is 16.9 Å². The average molecular weight is 254 g/mol. The lowest BCUT2D eigenvalue weighted by atomic mass is 10.2. The maximum absolute atomic E-state index is 10.8. The van der Waals surface area contributed by atoms with Gasteiger partial charge in [-0.05, 0) is 5.56 Å². The third kappa shape index (κ3) is 6.46. The molecule has 1 atom stereocenters. The molecule has 4 heteroatoms. The largest absolute Gasteiger partial charge is 0.378 e. The van der Waals surface area contributed by atoms with Crippen LogP contribution in [0, 0.1) is 0 Å². The second kappa shape index (κ2) is 8.28. The van der Waals surface area contributed by atoms with E-state index in [9.17, 15) is 4.79 Å². The van der Waals surface area contributed by atoms with Crippen LogP contribution in [0.3, 0.4) is 0 Å². The van der Waals surface area contributed by atoms with Crippen LogP contribution in [-0.4, -0.2) is 30.7 Å². The highest BCUT2D eigenvalue weighted by Crippen LogP contribution is 2.08. The fourth-order valence-electron chi connectivity index (χ4n) is 1.28. The lowest BCUT2D eigenvalue weighted by Crippen LogP contribution is -2.21. The third-order valence-electron chi connectivity index (χ3n) is 2.22. The summed E-state index contributed by atoms with van der Waals surface area (Å²) in [5.74, 6) is 0.640.